The molecule has 5 heteroatoms. The van der Waals surface area contributed by atoms with Crippen molar-refractivity contribution in [2.45, 2.75) is 0 Å². The van der Waals surface area contributed by atoms with E-state index in [4.69, 9.17) is 17.3 Å². The Labute approximate surface area is 137 Å². The first-order valence-electron chi connectivity index (χ1n) is 7.02. The molecular formula is C18H11ClN4. The predicted octanol–water partition coefficient (Wildman–Crippen LogP) is 3.75. The molecule has 110 valence electrons. The topological polar surface area (TPSA) is 67.6 Å². The van der Waals surface area contributed by atoms with Crippen LogP contribution in [0.25, 0.3) is 21.7 Å². The van der Waals surface area contributed by atoms with Crippen molar-refractivity contribution >= 4 is 39.1 Å². The maximum atomic E-state index is 6.14. The molecule has 0 aliphatic carbocycles. The van der Waals surface area contributed by atoms with E-state index in [1.165, 1.54) is 0 Å². The molecule has 0 amide bonds. The second-order valence-corrected chi connectivity index (χ2v) is 5.50. The van der Waals surface area contributed by atoms with Crippen LogP contribution in [-0.2, 0) is 0 Å². The van der Waals surface area contributed by atoms with E-state index in [0.29, 0.717) is 22.1 Å². The van der Waals surface area contributed by atoms with Crippen LogP contribution in [0, 0.1) is 11.8 Å². The minimum absolute atomic E-state index is 0.411. The minimum atomic E-state index is 0.411. The third-order valence-electron chi connectivity index (χ3n) is 3.68. The molecule has 0 fully saturated rings. The largest absolute Gasteiger partial charge is 0.383 e. The summed E-state index contributed by atoms with van der Waals surface area (Å²) in [5.41, 5.74) is 8.12. The van der Waals surface area contributed by atoms with Crippen molar-refractivity contribution in [3.05, 3.63) is 64.9 Å². The normalized spacial score (nSPS) is 10.7. The van der Waals surface area contributed by atoms with Crippen LogP contribution in [-0.4, -0.2) is 15.2 Å². The summed E-state index contributed by atoms with van der Waals surface area (Å²) >= 11 is 6.14. The number of halogens is 1. The number of benzene rings is 2. The average molecular weight is 319 g/mol. The van der Waals surface area contributed by atoms with E-state index in [0.717, 1.165) is 21.7 Å². The van der Waals surface area contributed by atoms with Gasteiger partial charge in [0.1, 0.15) is 11.5 Å². The number of H-pyrrole nitrogens is 1. The Hall–Kier alpha value is -3.03. The fourth-order valence-electron chi connectivity index (χ4n) is 2.53. The van der Waals surface area contributed by atoms with Gasteiger partial charge >= 0.3 is 0 Å². The van der Waals surface area contributed by atoms with Gasteiger partial charge in [-0.05, 0) is 18.1 Å². The van der Waals surface area contributed by atoms with E-state index in [1.54, 1.807) is 6.20 Å². The van der Waals surface area contributed by atoms with Gasteiger partial charge in [-0.25, -0.2) is 4.98 Å². The van der Waals surface area contributed by atoms with Crippen LogP contribution in [0.2, 0.25) is 5.02 Å². The van der Waals surface area contributed by atoms with Gasteiger partial charge < -0.3 is 5.73 Å². The molecular weight excluding hydrogens is 308 g/mol. The second-order valence-electron chi connectivity index (χ2n) is 5.09. The first kappa shape index (κ1) is 13.6. The zero-order chi connectivity index (χ0) is 15.8. The Morgan fingerprint density at radius 2 is 1.83 bits per heavy atom. The number of rotatable bonds is 0. The molecule has 0 unspecified atom stereocenters. The number of aromatic amines is 1. The molecule has 2 heterocycles. The van der Waals surface area contributed by atoms with Gasteiger partial charge in [-0.1, -0.05) is 47.9 Å². The van der Waals surface area contributed by atoms with E-state index in [1.807, 2.05) is 42.5 Å². The number of hydrogen-bond donors (Lipinski definition) is 2. The van der Waals surface area contributed by atoms with Crippen LogP contribution >= 0.6 is 11.6 Å². The number of nitrogens with zero attached hydrogens (tertiary/aromatic N) is 2. The molecule has 3 N–H and O–H groups in total. The standard InChI is InChI=1S/C18H11ClN4/c19-15-7-3-6-14-16(22-23-17(14)15)9-8-13-12-5-2-1-4-11(12)10-21-18(13)20/h1-7,10H,(H2,20,21)(H,22,23). The molecule has 0 aliphatic heterocycles. The molecule has 0 saturated heterocycles. The molecule has 0 bridgehead atoms. The van der Waals surface area contributed by atoms with Crippen LogP contribution in [0.5, 0.6) is 0 Å². The maximum Gasteiger partial charge on any atom is 0.143 e. The summed E-state index contributed by atoms with van der Waals surface area (Å²) in [4.78, 5) is 4.21. The van der Waals surface area contributed by atoms with Gasteiger partial charge in [-0.15, -0.1) is 0 Å². The highest BCUT2D eigenvalue weighted by Crippen LogP contribution is 2.24. The van der Waals surface area contributed by atoms with Gasteiger partial charge in [0.05, 0.1) is 16.1 Å². The van der Waals surface area contributed by atoms with Crippen molar-refractivity contribution < 1.29 is 0 Å². The second kappa shape index (κ2) is 5.31. The zero-order valence-electron chi connectivity index (χ0n) is 12.0. The Kier molecular flexibility index (Phi) is 3.14. The molecule has 2 aromatic heterocycles. The quantitative estimate of drug-likeness (QED) is 0.485. The predicted molar refractivity (Wildman–Crippen MR) is 93.2 cm³/mol. The molecule has 23 heavy (non-hydrogen) atoms. The van der Waals surface area contributed by atoms with Crippen LogP contribution in [0.4, 0.5) is 5.82 Å². The molecule has 0 atom stereocenters. The van der Waals surface area contributed by atoms with Gasteiger partial charge in [-0.2, -0.15) is 5.10 Å². The Balaban J connectivity index is 1.90. The van der Waals surface area contributed by atoms with Gasteiger partial charge in [0, 0.05) is 22.4 Å². The zero-order valence-corrected chi connectivity index (χ0v) is 12.7. The number of nitrogens with two attached hydrogens (primary N) is 1. The number of fused-ring (bicyclic) bond motifs is 2. The van der Waals surface area contributed by atoms with Gasteiger partial charge in [0.25, 0.3) is 0 Å². The van der Waals surface area contributed by atoms with Crippen LogP contribution in [0.3, 0.4) is 0 Å². The van der Waals surface area contributed by atoms with E-state index in [9.17, 15) is 0 Å². The summed E-state index contributed by atoms with van der Waals surface area (Å²) in [6.07, 6.45) is 1.75. The summed E-state index contributed by atoms with van der Waals surface area (Å²) in [6, 6.07) is 13.5. The average Bonchev–Trinajstić information content (AvgIpc) is 2.99. The summed E-state index contributed by atoms with van der Waals surface area (Å²) < 4.78 is 0. The first-order valence-corrected chi connectivity index (χ1v) is 7.39. The maximum absolute atomic E-state index is 6.14. The fraction of sp³-hybridized carbons (Fsp3) is 0. The molecule has 0 aliphatic rings. The number of nitrogen functional groups attached to an aromatic ring is 1. The molecule has 0 saturated carbocycles. The Bertz CT molecular complexity index is 1100. The van der Waals surface area contributed by atoms with Crippen molar-refractivity contribution in [1.29, 1.82) is 0 Å². The number of nitrogens with one attached hydrogen (secondary N) is 1. The molecule has 0 spiro atoms. The Morgan fingerprint density at radius 1 is 1.00 bits per heavy atom. The Morgan fingerprint density at radius 3 is 2.74 bits per heavy atom. The lowest BCUT2D eigenvalue weighted by Crippen LogP contribution is -1.95. The van der Waals surface area contributed by atoms with Crippen molar-refractivity contribution in [3.63, 3.8) is 0 Å². The number of para-hydroxylation sites is 1. The lowest BCUT2D eigenvalue weighted by atomic mass is 10.1. The van der Waals surface area contributed by atoms with E-state index in [-0.39, 0.29) is 0 Å². The van der Waals surface area contributed by atoms with E-state index >= 15 is 0 Å². The summed E-state index contributed by atoms with van der Waals surface area (Å²) in [6.45, 7) is 0. The van der Waals surface area contributed by atoms with Crippen LogP contribution in [0.1, 0.15) is 11.3 Å². The summed E-state index contributed by atoms with van der Waals surface area (Å²) in [5, 5.41) is 10.6. The van der Waals surface area contributed by atoms with Gasteiger partial charge in [0.2, 0.25) is 0 Å². The highest BCUT2D eigenvalue weighted by atomic mass is 35.5. The van der Waals surface area contributed by atoms with E-state index < -0.39 is 0 Å². The van der Waals surface area contributed by atoms with Crippen molar-refractivity contribution in [3.8, 4) is 11.8 Å². The molecule has 4 nitrogen and oxygen atoms in total. The summed E-state index contributed by atoms with van der Waals surface area (Å²) in [5.74, 6) is 6.59. The van der Waals surface area contributed by atoms with E-state index in [2.05, 4.69) is 27.0 Å². The lowest BCUT2D eigenvalue weighted by Gasteiger charge is -2.02. The first-order chi connectivity index (χ1) is 11.2. The smallest absolute Gasteiger partial charge is 0.143 e. The highest BCUT2D eigenvalue weighted by Gasteiger charge is 2.07. The number of aromatic nitrogens is 3. The summed E-state index contributed by atoms with van der Waals surface area (Å²) in [7, 11) is 0. The van der Waals surface area contributed by atoms with Crippen molar-refractivity contribution in [2.75, 3.05) is 5.73 Å². The third-order valence-corrected chi connectivity index (χ3v) is 4.00. The number of pyridine rings is 1. The number of anilines is 1. The number of hydrogen-bond acceptors (Lipinski definition) is 3. The van der Waals surface area contributed by atoms with Gasteiger partial charge in [0.15, 0.2) is 0 Å². The third kappa shape index (κ3) is 2.28. The van der Waals surface area contributed by atoms with Crippen molar-refractivity contribution in [1.82, 2.24) is 15.2 Å². The molecule has 0 radical (unpaired) electrons. The van der Waals surface area contributed by atoms with Gasteiger partial charge in [-0.3, -0.25) is 5.10 Å². The van der Waals surface area contributed by atoms with Crippen molar-refractivity contribution in [2.24, 2.45) is 0 Å². The monoisotopic (exact) mass is 318 g/mol. The SMILES string of the molecule is Nc1ncc2ccccc2c1C#Cc1n[nH]c2c(Cl)cccc12. The highest BCUT2D eigenvalue weighted by molar-refractivity contribution is 6.35. The minimum Gasteiger partial charge on any atom is -0.383 e. The molecule has 2 aromatic carbocycles. The molecule has 4 aromatic rings. The lowest BCUT2D eigenvalue weighted by molar-refractivity contribution is 1.10. The molecule has 4 rings (SSSR count). The van der Waals surface area contributed by atoms with Crippen LogP contribution in [0.15, 0.2) is 48.7 Å². The fourth-order valence-corrected chi connectivity index (χ4v) is 2.75. The van der Waals surface area contributed by atoms with Crippen LogP contribution < -0.4 is 5.73 Å².